The summed E-state index contributed by atoms with van der Waals surface area (Å²) in [6.45, 7) is 6.05. The number of amides is 2. The van der Waals surface area contributed by atoms with Crippen molar-refractivity contribution in [2.75, 3.05) is 10.6 Å². The summed E-state index contributed by atoms with van der Waals surface area (Å²) >= 11 is 0. The number of aryl methyl sites for hydroxylation is 3. The average Bonchev–Trinajstić information content (AvgIpc) is 2.73. The molecule has 2 heterocycles. The summed E-state index contributed by atoms with van der Waals surface area (Å²) in [5.41, 5.74) is 5.49. The van der Waals surface area contributed by atoms with Gasteiger partial charge in [0.1, 0.15) is 18.0 Å². The molecule has 0 aliphatic heterocycles. The Balaban J connectivity index is 1.38. The maximum absolute atomic E-state index is 12.3. The Morgan fingerprint density at radius 1 is 0.938 bits per heavy atom. The number of anilines is 2. The second kappa shape index (κ2) is 8.93. The van der Waals surface area contributed by atoms with Gasteiger partial charge in [0, 0.05) is 23.6 Å². The van der Waals surface area contributed by atoms with Crippen molar-refractivity contribution in [3.05, 3.63) is 99.6 Å². The lowest BCUT2D eigenvalue weighted by molar-refractivity contribution is 0.262. The van der Waals surface area contributed by atoms with Gasteiger partial charge in [-0.3, -0.25) is 9.20 Å². The molecule has 7 nitrogen and oxygen atoms in total. The Labute approximate surface area is 185 Å². The fourth-order valence-electron chi connectivity index (χ4n) is 3.51. The van der Waals surface area contributed by atoms with E-state index in [0.29, 0.717) is 22.8 Å². The van der Waals surface area contributed by atoms with Crippen LogP contribution >= 0.6 is 0 Å². The van der Waals surface area contributed by atoms with Crippen LogP contribution in [0.2, 0.25) is 0 Å². The third-order valence-corrected chi connectivity index (χ3v) is 4.92. The van der Waals surface area contributed by atoms with Gasteiger partial charge in [-0.15, -0.1) is 0 Å². The molecule has 0 atom stereocenters. The van der Waals surface area contributed by atoms with Gasteiger partial charge >= 0.3 is 6.03 Å². The number of nitrogens with one attached hydrogen (secondary N) is 2. The molecule has 2 aromatic carbocycles. The molecule has 2 N–H and O–H groups in total. The molecule has 32 heavy (non-hydrogen) atoms. The van der Waals surface area contributed by atoms with E-state index in [-0.39, 0.29) is 18.2 Å². The third-order valence-electron chi connectivity index (χ3n) is 4.92. The Bertz CT molecular complexity index is 1320. The van der Waals surface area contributed by atoms with Crippen molar-refractivity contribution < 1.29 is 9.53 Å². The summed E-state index contributed by atoms with van der Waals surface area (Å²) in [5.74, 6) is 0.608. The third kappa shape index (κ3) is 4.95. The molecular weight excluding hydrogens is 404 g/mol. The van der Waals surface area contributed by atoms with Gasteiger partial charge in [0.2, 0.25) is 0 Å². The molecule has 0 bridgehead atoms. The van der Waals surface area contributed by atoms with Crippen molar-refractivity contribution in [3.8, 4) is 5.75 Å². The lowest BCUT2D eigenvalue weighted by Gasteiger charge is -2.11. The number of carbonyl (C=O) groups is 1. The van der Waals surface area contributed by atoms with E-state index in [1.54, 1.807) is 30.5 Å². The average molecular weight is 428 g/mol. The standard InChI is InChI=1S/C25H24N4O3/c1-16-11-17(2)13-20(12-16)28-25(31)27-19-6-8-22(9-7-19)32-15-21-14-23(30)29-10-4-5-18(3)24(29)26-21/h4-14H,15H2,1-3H3,(H2,27,28,31). The van der Waals surface area contributed by atoms with Gasteiger partial charge in [-0.1, -0.05) is 12.1 Å². The molecule has 0 saturated heterocycles. The molecule has 0 aliphatic rings. The molecule has 0 spiro atoms. The maximum atomic E-state index is 12.3. The summed E-state index contributed by atoms with van der Waals surface area (Å²) in [6, 6.07) is 17.8. The zero-order chi connectivity index (χ0) is 22.7. The van der Waals surface area contributed by atoms with Gasteiger partial charge in [0.25, 0.3) is 5.56 Å². The zero-order valence-corrected chi connectivity index (χ0v) is 18.2. The molecule has 0 saturated carbocycles. The largest absolute Gasteiger partial charge is 0.487 e. The van der Waals surface area contributed by atoms with E-state index in [9.17, 15) is 9.59 Å². The smallest absolute Gasteiger partial charge is 0.323 e. The zero-order valence-electron chi connectivity index (χ0n) is 18.2. The quantitative estimate of drug-likeness (QED) is 0.476. The van der Waals surface area contributed by atoms with Crippen molar-refractivity contribution in [1.29, 1.82) is 0 Å². The van der Waals surface area contributed by atoms with E-state index in [4.69, 9.17) is 4.74 Å². The van der Waals surface area contributed by atoms with Crippen molar-refractivity contribution in [3.63, 3.8) is 0 Å². The number of fused-ring (bicyclic) bond motifs is 1. The number of rotatable bonds is 5. The van der Waals surface area contributed by atoms with E-state index in [0.717, 1.165) is 22.4 Å². The lowest BCUT2D eigenvalue weighted by Crippen LogP contribution is -2.19. The van der Waals surface area contributed by atoms with Crippen LogP contribution in [0.1, 0.15) is 22.4 Å². The first-order valence-electron chi connectivity index (χ1n) is 10.2. The minimum atomic E-state index is -0.320. The monoisotopic (exact) mass is 428 g/mol. The van der Waals surface area contributed by atoms with Crippen molar-refractivity contribution in [2.45, 2.75) is 27.4 Å². The highest BCUT2D eigenvalue weighted by atomic mass is 16.5. The predicted octanol–water partition coefficient (Wildman–Crippen LogP) is 4.84. The summed E-state index contributed by atoms with van der Waals surface area (Å²) in [5, 5.41) is 5.64. The number of pyridine rings is 1. The van der Waals surface area contributed by atoms with E-state index in [2.05, 4.69) is 15.6 Å². The van der Waals surface area contributed by atoms with Crippen LogP contribution in [0.15, 0.2) is 71.7 Å². The second-order valence-corrected chi connectivity index (χ2v) is 7.74. The lowest BCUT2D eigenvalue weighted by atomic mass is 10.1. The van der Waals surface area contributed by atoms with Crippen LogP contribution in [-0.4, -0.2) is 15.4 Å². The fraction of sp³-hybridized carbons (Fsp3) is 0.160. The number of hydrogen-bond donors (Lipinski definition) is 2. The first-order chi connectivity index (χ1) is 15.4. The Kier molecular flexibility index (Phi) is 5.89. The molecule has 4 rings (SSSR count). The number of aromatic nitrogens is 2. The molecule has 0 unspecified atom stereocenters. The van der Waals surface area contributed by atoms with Crippen LogP contribution in [0.25, 0.3) is 5.65 Å². The predicted molar refractivity (Wildman–Crippen MR) is 126 cm³/mol. The topological polar surface area (TPSA) is 84.7 Å². The van der Waals surface area contributed by atoms with Crippen LogP contribution < -0.4 is 20.9 Å². The summed E-state index contributed by atoms with van der Waals surface area (Å²) in [4.78, 5) is 29.1. The number of urea groups is 1. The summed E-state index contributed by atoms with van der Waals surface area (Å²) < 4.78 is 7.30. The fourth-order valence-corrected chi connectivity index (χ4v) is 3.51. The van der Waals surface area contributed by atoms with Crippen LogP contribution in [0, 0.1) is 20.8 Å². The van der Waals surface area contributed by atoms with Gasteiger partial charge in [0.15, 0.2) is 0 Å². The van der Waals surface area contributed by atoms with Crippen LogP contribution in [0.3, 0.4) is 0 Å². The van der Waals surface area contributed by atoms with Crippen molar-refractivity contribution in [1.82, 2.24) is 9.38 Å². The molecular formula is C25H24N4O3. The van der Waals surface area contributed by atoms with E-state index in [1.807, 2.05) is 51.1 Å². The van der Waals surface area contributed by atoms with Gasteiger partial charge in [-0.05, 0) is 79.9 Å². The first kappa shape index (κ1) is 21.1. The molecule has 2 aromatic heterocycles. The Hall–Kier alpha value is -4.13. The van der Waals surface area contributed by atoms with E-state index in [1.165, 1.54) is 10.5 Å². The normalized spacial score (nSPS) is 10.7. The van der Waals surface area contributed by atoms with Gasteiger partial charge in [0.05, 0.1) is 5.69 Å². The molecule has 0 radical (unpaired) electrons. The molecule has 162 valence electrons. The highest BCUT2D eigenvalue weighted by molar-refractivity contribution is 5.99. The molecule has 2 amide bonds. The molecule has 0 fully saturated rings. The number of hydrogen-bond acceptors (Lipinski definition) is 4. The van der Waals surface area contributed by atoms with Crippen molar-refractivity contribution in [2.24, 2.45) is 0 Å². The number of ether oxygens (including phenoxy) is 1. The molecule has 0 aliphatic carbocycles. The first-order valence-corrected chi connectivity index (χ1v) is 10.2. The minimum absolute atomic E-state index is 0.147. The second-order valence-electron chi connectivity index (χ2n) is 7.74. The van der Waals surface area contributed by atoms with Crippen LogP contribution in [0.4, 0.5) is 16.2 Å². The number of nitrogens with zero attached hydrogens (tertiary/aromatic N) is 2. The highest BCUT2D eigenvalue weighted by Gasteiger charge is 2.07. The van der Waals surface area contributed by atoms with E-state index >= 15 is 0 Å². The SMILES string of the molecule is Cc1cc(C)cc(NC(=O)Nc2ccc(OCc3cc(=O)n4cccc(C)c4n3)cc2)c1. The highest BCUT2D eigenvalue weighted by Crippen LogP contribution is 2.18. The van der Waals surface area contributed by atoms with Crippen molar-refractivity contribution >= 4 is 23.1 Å². The number of carbonyl (C=O) groups excluding carboxylic acids is 1. The number of benzene rings is 2. The van der Waals surface area contributed by atoms with Gasteiger partial charge in [-0.25, -0.2) is 9.78 Å². The molecule has 7 heteroatoms. The maximum Gasteiger partial charge on any atom is 0.323 e. The molecule has 4 aromatic rings. The minimum Gasteiger partial charge on any atom is -0.487 e. The van der Waals surface area contributed by atoms with Gasteiger partial charge < -0.3 is 15.4 Å². The van der Waals surface area contributed by atoms with Crippen LogP contribution in [0.5, 0.6) is 5.75 Å². The summed E-state index contributed by atoms with van der Waals surface area (Å²) in [6.07, 6.45) is 1.70. The summed E-state index contributed by atoms with van der Waals surface area (Å²) in [7, 11) is 0. The van der Waals surface area contributed by atoms with Gasteiger partial charge in [-0.2, -0.15) is 0 Å². The Morgan fingerprint density at radius 2 is 1.62 bits per heavy atom. The van der Waals surface area contributed by atoms with Crippen LogP contribution in [-0.2, 0) is 6.61 Å². The van der Waals surface area contributed by atoms with E-state index < -0.39 is 0 Å². The Morgan fingerprint density at radius 3 is 2.34 bits per heavy atom.